The highest BCUT2D eigenvalue weighted by molar-refractivity contribution is 5.96. The van der Waals surface area contributed by atoms with Gasteiger partial charge in [-0.3, -0.25) is 4.79 Å². The van der Waals surface area contributed by atoms with E-state index in [1.807, 2.05) is 41.3 Å². The minimum atomic E-state index is -4.53. The average molecular weight is 532 g/mol. The Morgan fingerprint density at radius 3 is 2.56 bits per heavy atom. The summed E-state index contributed by atoms with van der Waals surface area (Å²) in [7, 11) is 0. The Hall–Kier alpha value is -3.93. The number of nitriles is 1. The number of rotatable bonds is 6. The first-order chi connectivity index (χ1) is 18.8. The van der Waals surface area contributed by atoms with Gasteiger partial charge in [-0.2, -0.15) is 18.4 Å². The number of hydrogen-bond acceptors (Lipinski definition) is 5. The molecule has 1 amide bonds. The van der Waals surface area contributed by atoms with Crippen molar-refractivity contribution in [3.63, 3.8) is 0 Å². The summed E-state index contributed by atoms with van der Waals surface area (Å²) in [5.41, 5.74) is 4.85. The second-order valence-corrected chi connectivity index (χ2v) is 10.7. The second-order valence-electron chi connectivity index (χ2n) is 10.7. The third kappa shape index (κ3) is 5.08. The van der Waals surface area contributed by atoms with Crippen molar-refractivity contribution in [2.75, 3.05) is 24.5 Å². The molecule has 200 valence electrons. The van der Waals surface area contributed by atoms with Gasteiger partial charge in [-0.1, -0.05) is 24.8 Å². The molecule has 6 rings (SSSR count). The monoisotopic (exact) mass is 531 g/mol. The van der Waals surface area contributed by atoms with Crippen LogP contribution < -0.4 is 4.90 Å². The van der Waals surface area contributed by atoms with Gasteiger partial charge in [-0.25, -0.2) is 9.97 Å². The number of halogens is 3. The Balaban J connectivity index is 1.37. The molecule has 3 aliphatic rings. The highest BCUT2D eigenvalue weighted by Crippen LogP contribution is 2.46. The summed E-state index contributed by atoms with van der Waals surface area (Å²) < 4.78 is 38.9. The molecule has 2 saturated carbocycles. The molecule has 3 heterocycles. The number of benzene rings is 1. The zero-order valence-electron chi connectivity index (χ0n) is 21.4. The maximum Gasteiger partial charge on any atom is 0.397 e. The first-order valence-corrected chi connectivity index (χ1v) is 13.3. The van der Waals surface area contributed by atoms with Crippen molar-refractivity contribution >= 4 is 28.7 Å². The number of fused-ring (bicyclic) bond motifs is 1. The molecule has 0 N–H and O–H groups in total. The number of nitrogens with zero attached hydrogens (tertiary/aromatic N) is 5. The highest BCUT2D eigenvalue weighted by atomic mass is 19.4. The third-order valence-electron chi connectivity index (χ3n) is 7.93. The Morgan fingerprint density at radius 2 is 1.90 bits per heavy atom. The maximum atomic E-state index is 13.0. The molecule has 0 spiro atoms. The van der Waals surface area contributed by atoms with Crippen molar-refractivity contribution in [3.05, 3.63) is 59.9 Å². The molecule has 3 aromatic rings. The van der Waals surface area contributed by atoms with Gasteiger partial charge in [0.15, 0.2) is 0 Å². The van der Waals surface area contributed by atoms with Crippen LogP contribution >= 0.6 is 0 Å². The summed E-state index contributed by atoms with van der Waals surface area (Å²) in [5, 5.41) is 11.1. The lowest BCUT2D eigenvalue weighted by Gasteiger charge is -2.42. The van der Waals surface area contributed by atoms with Crippen LogP contribution in [-0.2, 0) is 4.79 Å². The van der Waals surface area contributed by atoms with Crippen molar-refractivity contribution in [1.82, 2.24) is 14.9 Å². The number of amides is 1. The van der Waals surface area contributed by atoms with Crippen LogP contribution in [0, 0.1) is 17.2 Å². The zero-order valence-corrected chi connectivity index (χ0v) is 21.4. The number of pyridine rings is 2. The number of carbonyl (C=O) groups excluding carboxylic acids is 1. The number of piperazine rings is 1. The van der Waals surface area contributed by atoms with Crippen molar-refractivity contribution in [1.29, 1.82) is 5.26 Å². The number of aromatic nitrogens is 2. The molecule has 1 aliphatic heterocycles. The van der Waals surface area contributed by atoms with E-state index in [1.165, 1.54) is 4.90 Å². The minimum Gasteiger partial charge on any atom is -0.352 e. The van der Waals surface area contributed by atoms with Crippen molar-refractivity contribution in [2.24, 2.45) is 5.92 Å². The van der Waals surface area contributed by atoms with Crippen LogP contribution in [0.15, 0.2) is 43.0 Å². The fraction of sp³-hybridized carbons (Fsp3) is 0.400. The Bertz CT molecular complexity index is 1500. The van der Waals surface area contributed by atoms with Gasteiger partial charge in [0.1, 0.15) is 18.3 Å². The summed E-state index contributed by atoms with van der Waals surface area (Å²) in [4.78, 5) is 25.7. The predicted octanol–water partition coefficient (Wildman–Crippen LogP) is 6.07. The van der Waals surface area contributed by atoms with Crippen LogP contribution in [0.25, 0.3) is 28.1 Å². The van der Waals surface area contributed by atoms with Gasteiger partial charge in [0.05, 0.1) is 28.5 Å². The average Bonchev–Trinajstić information content (AvgIpc) is 3.84. The smallest absolute Gasteiger partial charge is 0.352 e. The molecule has 1 aromatic carbocycles. The zero-order chi connectivity index (χ0) is 27.3. The largest absolute Gasteiger partial charge is 0.397 e. The highest BCUT2D eigenvalue weighted by Gasteiger charge is 2.44. The SMILES string of the molecule is C=Cc1ccc2c(-c3cc(C#N)c(N4CCN(C(=O)CC(F)(F)F)C(C5CC5)C4)nc3C3CC3)cccc2n1. The molecule has 9 heteroatoms. The van der Waals surface area contributed by atoms with Gasteiger partial charge >= 0.3 is 6.18 Å². The van der Waals surface area contributed by atoms with Gasteiger partial charge in [0.2, 0.25) is 5.91 Å². The lowest BCUT2D eigenvalue weighted by molar-refractivity contribution is -0.163. The summed E-state index contributed by atoms with van der Waals surface area (Å²) in [5.74, 6) is 0.159. The molecular weight excluding hydrogens is 503 g/mol. The normalized spacial score (nSPS) is 19.7. The summed E-state index contributed by atoms with van der Waals surface area (Å²) in [6.45, 7) is 4.70. The van der Waals surface area contributed by atoms with E-state index in [0.29, 0.717) is 24.5 Å². The fourth-order valence-corrected chi connectivity index (χ4v) is 5.71. The Morgan fingerprint density at radius 1 is 1.10 bits per heavy atom. The van der Waals surface area contributed by atoms with E-state index in [0.717, 1.165) is 59.1 Å². The van der Waals surface area contributed by atoms with E-state index in [4.69, 9.17) is 4.98 Å². The van der Waals surface area contributed by atoms with Crippen molar-refractivity contribution < 1.29 is 18.0 Å². The number of carbonyl (C=O) groups is 1. The first-order valence-electron chi connectivity index (χ1n) is 13.3. The van der Waals surface area contributed by atoms with Gasteiger partial charge in [-0.05, 0) is 61.4 Å². The van der Waals surface area contributed by atoms with E-state index in [2.05, 4.69) is 17.6 Å². The lowest BCUT2D eigenvalue weighted by Crippen LogP contribution is -2.57. The van der Waals surface area contributed by atoms with E-state index in [1.54, 1.807) is 6.08 Å². The molecule has 39 heavy (non-hydrogen) atoms. The first kappa shape index (κ1) is 25.4. The van der Waals surface area contributed by atoms with Crippen LogP contribution in [0.5, 0.6) is 0 Å². The topological polar surface area (TPSA) is 73.1 Å². The van der Waals surface area contributed by atoms with Crippen LogP contribution in [-0.4, -0.2) is 52.6 Å². The fourth-order valence-electron chi connectivity index (χ4n) is 5.71. The summed E-state index contributed by atoms with van der Waals surface area (Å²) >= 11 is 0. The van der Waals surface area contributed by atoms with E-state index < -0.39 is 18.5 Å². The van der Waals surface area contributed by atoms with Crippen LogP contribution in [0.4, 0.5) is 19.0 Å². The summed E-state index contributed by atoms with van der Waals surface area (Å²) in [6.07, 6.45) is -0.455. The molecule has 1 saturated heterocycles. The second kappa shape index (κ2) is 9.67. The van der Waals surface area contributed by atoms with Gasteiger partial charge in [0, 0.05) is 36.5 Å². The van der Waals surface area contributed by atoms with Gasteiger partial charge in [0.25, 0.3) is 0 Å². The number of hydrogen-bond donors (Lipinski definition) is 0. The van der Waals surface area contributed by atoms with Crippen LogP contribution in [0.2, 0.25) is 0 Å². The predicted molar refractivity (Wildman–Crippen MR) is 143 cm³/mol. The molecule has 0 radical (unpaired) electrons. The number of anilines is 1. The quantitative estimate of drug-likeness (QED) is 0.386. The van der Waals surface area contributed by atoms with E-state index >= 15 is 0 Å². The lowest BCUT2D eigenvalue weighted by atomic mass is 9.95. The van der Waals surface area contributed by atoms with Crippen LogP contribution in [0.3, 0.4) is 0 Å². The van der Waals surface area contributed by atoms with Gasteiger partial charge in [-0.15, -0.1) is 0 Å². The molecule has 1 atom stereocenters. The Labute approximate surface area is 224 Å². The van der Waals surface area contributed by atoms with E-state index in [9.17, 15) is 23.2 Å². The van der Waals surface area contributed by atoms with Crippen molar-refractivity contribution in [3.8, 4) is 17.2 Å². The number of alkyl halides is 3. The van der Waals surface area contributed by atoms with Crippen LogP contribution in [0.1, 0.15) is 55.0 Å². The minimum absolute atomic E-state index is 0.182. The molecule has 2 aromatic heterocycles. The third-order valence-corrected chi connectivity index (χ3v) is 7.93. The molecule has 1 unspecified atom stereocenters. The molecule has 3 fully saturated rings. The van der Waals surface area contributed by atoms with Crippen molar-refractivity contribution in [2.45, 2.75) is 50.2 Å². The van der Waals surface area contributed by atoms with E-state index in [-0.39, 0.29) is 24.4 Å². The summed E-state index contributed by atoms with van der Waals surface area (Å²) in [6, 6.07) is 13.8. The standard InChI is InChI=1S/C30H28F3N5O/c1-2-21-10-11-23-22(4-3-5-25(23)35-21)24-14-20(16-34)29(36-28(24)19-8-9-19)37-12-13-38(26(17-37)18-6-7-18)27(39)15-30(31,32)33/h2-5,10-11,14,18-19,26H,1,6-9,12-13,15,17H2. The molecule has 0 bridgehead atoms. The van der Waals surface area contributed by atoms with Gasteiger partial charge < -0.3 is 9.80 Å². The molecular formula is C30H28F3N5O. The maximum absolute atomic E-state index is 13.0. The molecule has 6 nitrogen and oxygen atoms in total. The Kier molecular flexibility index (Phi) is 6.29. The molecule has 2 aliphatic carbocycles.